The molecular weight excluding hydrogens is 548 g/mol. The summed E-state index contributed by atoms with van der Waals surface area (Å²) in [7, 11) is 0. The smallest absolute Gasteiger partial charge is 0.416 e. The second kappa shape index (κ2) is 11.8. The Hall–Kier alpha value is -4.34. The number of phenols is 1. The van der Waals surface area contributed by atoms with E-state index in [1.54, 1.807) is 31.2 Å². The average molecular weight is 568 g/mol. The quantitative estimate of drug-likeness (QED) is 0.154. The molecule has 0 bridgehead atoms. The van der Waals surface area contributed by atoms with E-state index in [2.05, 4.69) is 28.7 Å². The molecule has 4 aromatic rings. The largest absolute Gasteiger partial charge is 0.508 e. The standard InChI is InChI=1S/C31H19F6NOS/c1-20-16-28(14-15-29(20)39)40-19-23-17-26(12-6-21-2-8-24(9-3-21)30(32,33)34)38-27(18-23)13-7-22-4-10-25(11-5-22)31(35,36)37/h2-5,8-11,14-18,39H,19H2,1H3. The first-order valence-corrected chi connectivity index (χ1v) is 12.7. The second-order valence-electron chi connectivity index (χ2n) is 8.63. The van der Waals surface area contributed by atoms with Crippen molar-refractivity contribution in [2.75, 3.05) is 0 Å². The van der Waals surface area contributed by atoms with Gasteiger partial charge in [0, 0.05) is 21.8 Å². The van der Waals surface area contributed by atoms with Crippen LogP contribution < -0.4 is 0 Å². The zero-order valence-corrected chi connectivity index (χ0v) is 21.6. The summed E-state index contributed by atoms with van der Waals surface area (Å²) in [5.74, 6) is 12.0. The van der Waals surface area contributed by atoms with E-state index < -0.39 is 23.5 Å². The molecule has 4 rings (SSSR count). The van der Waals surface area contributed by atoms with Gasteiger partial charge in [-0.05, 0) is 109 Å². The number of alkyl halides is 6. The van der Waals surface area contributed by atoms with Crippen LogP contribution in [0, 0.1) is 30.6 Å². The van der Waals surface area contributed by atoms with Crippen LogP contribution in [0.25, 0.3) is 0 Å². The Morgan fingerprint density at radius 1 is 0.675 bits per heavy atom. The molecule has 1 heterocycles. The predicted molar refractivity (Wildman–Crippen MR) is 141 cm³/mol. The fraction of sp³-hybridized carbons (Fsp3) is 0.129. The van der Waals surface area contributed by atoms with E-state index in [4.69, 9.17) is 0 Å². The number of halogens is 6. The first-order chi connectivity index (χ1) is 18.9. The highest BCUT2D eigenvalue weighted by Gasteiger charge is 2.30. The van der Waals surface area contributed by atoms with Gasteiger partial charge in [-0.25, -0.2) is 4.98 Å². The number of nitrogens with zero attached hydrogens (tertiary/aromatic N) is 1. The third-order valence-corrected chi connectivity index (χ3v) is 6.62. The van der Waals surface area contributed by atoms with Crippen LogP contribution in [-0.2, 0) is 18.1 Å². The van der Waals surface area contributed by atoms with E-state index >= 15 is 0 Å². The average Bonchev–Trinajstić information content (AvgIpc) is 2.91. The summed E-state index contributed by atoms with van der Waals surface area (Å²) in [6, 6.07) is 17.6. The number of hydrogen-bond acceptors (Lipinski definition) is 3. The molecule has 0 aliphatic rings. The van der Waals surface area contributed by atoms with Gasteiger partial charge >= 0.3 is 12.4 Å². The number of hydrogen-bond donors (Lipinski definition) is 1. The summed E-state index contributed by atoms with van der Waals surface area (Å²) >= 11 is 1.50. The Morgan fingerprint density at radius 3 is 1.57 bits per heavy atom. The number of thioether (sulfide) groups is 1. The van der Waals surface area contributed by atoms with Gasteiger partial charge < -0.3 is 5.11 Å². The van der Waals surface area contributed by atoms with Crippen LogP contribution >= 0.6 is 11.8 Å². The number of aryl methyl sites for hydroxylation is 1. The molecule has 2 nitrogen and oxygen atoms in total. The molecule has 0 aliphatic heterocycles. The topological polar surface area (TPSA) is 33.1 Å². The minimum absolute atomic E-state index is 0.190. The molecule has 1 N–H and O–H groups in total. The van der Waals surface area contributed by atoms with Crippen molar-refractivity contribution in [2.45, 2.75) is 29.9 Å². The molecule has 0 fully saturated rings. The maximum Gasteiger partial charge on any atom is 0.416 e. The van der Waals surface area contributed by atoms with Crippen LogP contribution in [0.4, 0.5) is 26.3 Å². The van der Waals surface area contributed by atoms with E-state index in [9.17, 15) is 31.4 Å². The van der Waals surface area contributed by atoms with Crippen molar-refractivity contribution in [1.29, 1.82) is 0 Å². The highest BCUT2D eigenvalue weighted by molar-refractivity contribution is 7.98. The van der Waals surface area contributed by atoms with Gasteiger partial charge in [0.15, 0.2) is 0 Å². The number of aromatic nitrogens is 1. The summed E-state index contributed by atoms with van der Waals surface area (Å²) in [5.41, 5.74) is 1.37. The summed E-state index contributed by atoms with van der Waals surface area (Å²) in [6.07, 6.45) is -8.90. The number of rotatable bonds is 3. The lowest BCUT2D eigenvalue weighted by Crippen LogP contribution is -2.04. The van der Waals surface area contributed by atoms with Crippen LogP contribution in [-0.4, -0.2) is 10.1 Å². The van der Waals surface area contributed by atoms with Crippen LogP contribution in [0.2, 0.25) is 0 Å². The highest BCUT2D eigenvalue weighted by atomic mass is 32.2. The van der Waals surface area contributed by atoms with Crippen molar-refractivity contribution in [3.63, 3.8) is 0 Å². The van der Waals surface area contributed by atoms with Gasteiger partial charge in [0.25, 0.3) is 0 Å². The van der Waals surface area contributed by atoms with Crippen LogP contribution in [0.15, 0.2) is 83.8 Å². The zero-order valence-electron chi connectivity index (χ0n) is 20.8. The molecule has 0 unspecified atom stereocenters. The second-order valence-corrected chi connectivity index (χ2v) is 9.68. The maximum absolute atomic E-state index is 12.8. The fourth-order valence-electron chi connectivity index (χ4n) is 3.44. The Kier molecular flexibility index (Phi) is 8.46. The minimum atomic E-state index is -4.45. The molecule has 0 spiro atoms. The van der Waals surface area contributed by atoms with Gasteiger partial charge in [0.05, 0.1) is 11.1 Å². The zero-order chi connectivity index (χ0) is 28.9. The van der Waals surface area contributed by atoms with Crippen molar-refractivity contribution in [3.05, 3.63) is 124 Å². The Labute approximate surface area is 231 Å². The Balaban J connectivity index is 1.63. The summed E-state index contributed by atoms with van der Waals surface area (Å²) in [4.78, 5) is 5.33. The lowest BCUT2D eigenvalue weighted by molar-refractivity contribution is -0.138. The van der Waals surface area contributed by atoms with Gasteiger partial charge in [-0.1, -0.05) is 11.8 Å². The number of phenolic OH excluding ortho intramolecular Hbond substituents is 1. The Bertz CT molecular complexity index is 1540. The van der Waals surface area contributed by atoms with Crippen LogP contribution in [0.5, 0.6) is 5.75 Å². The SMILES string of the molecule is Cc1cc(SCc2cc(C#Cc3ccc(C(F)(F)F)cc3)nc(C#Cc3ccc(C(F)(F)F)cc3)c2)ccc1O. The molecule has 0 amide bonds. The number of pyridine rings is 1. The van der Waals surface area contributed by atoms with Crippen molar-refractivity contribution >= 4 is 11.8 Å². The summed E-state index contributed by atoms with van der Waals surface area (Å²) < 4.78 is 77.0. The molecule has 3 aromatic carbocycles. The normalized spacial score (nSPS) is 11.3. The molecule has 9 heteroatoms. The van der Waals surface area contributed by atoms with Crippen LogP contribution in [0.1, 0.15) is 44.8 Å². The monoisotopic (exact) mass is 567 g/mol. The number of aromatic hydroxyl groups is 1. The van der Waals surface area contributed by atoms with Gasteiger partial charge in [-0.3, -0.25) is 0 Å². The van der Waals surface area contributed by atoms with E-state index in [1.165, 1.54) is 36.0 Å². The minimum Gasteiger partial charge on any atom is -0.508 e. The molecule has 0 saturated heterocycles. The van der Waals surface area contributed by atoms with Gasteiger partial charge in [-0.2, -0.15) is 26.3 Å². The molecule has 0 saturated carbocycles. The van der Waals surface area contributed by atoms with Crippen molar-refractivity contribution in [1.82, 2.24) is 4.98 Å². The summed E-state index contributed by atoms with van der Waals surface area (Å²) in [5, 5.41) is 9.76. The summed E-state index contributed by atoms with van der Waals surface area (Å²) in [6.45, 7) is 1.79. The van der Waals surface area contributed by atoms with Gasteiger partial charge in [-0.15, -0.1) is 11.8 Å². The van der Waals surface area contributed by atoms with E-state index in [-0.39, 0.29) is 5.75 Å². The Morgan fingerprint density at radius 2 is 1.15 bits per heavy atom. The van der Waals surface area contributed by atoms with E-state index in [1.807, 2.05) is 6.07 Å². The van der Waals surface area contributed by atoms with Crippen molar-refractivity contribution in [2.24, 2.45) is 0 Å². The van der Waals surface area contributed by atoms with Crippen molar-refractivity contribution < 1.29 is 31.4 Å². The molecule has 0 aliphatic carbocycles. The molecule has 0 atom stereocenters. The first kappa shape index (κ1) is 28.7. The van der Waals surface area contributed by atoms with E-state index in [0.717, 1.165) is 40.3 Å². The fourth-order valence-corrected chi connectivity index (χ4v) is 4.36. The van der Waals surface area contributed by atoms with Gasteiger partial charge in [0.1, 0.15) is 17.1 Å². The lowest BCUT2D eigenvalue weighted by Gasteiger charge is -2.06. The third kappa shape index (κ3) is 7.84. The highest BCUT2D eigenvalue weighted by Crippen LogP contribution is 2.30. The molecule has 0 radical (unpaired) electrons. The predicted octanol–water partition coefficient (Wildman–Crippen LogP) is 8.23. The third-order valence-electron chi connectivity index (χ3n) is 5.55. The molecular formula is C31H19F6NOS. The number of benzene rings is 3. The molecule has 1 aromatic heterocycles. The maximum atomic E-state index is 12.8. The van der Waals surface area contributed by atoms with Gasteiger partial charge in [0.2, 0.25) is 0 Å². The first-order valence-electron chi connectivity index (χ1n) is 11.7. The van der Waals surface area contributed by atoms with Crippen LogP contribution in [0.3, 0.4) is 0 Å². The van der Waals surface area contributed by atoms with E-state index in [0.29, 0.717) is 28.3 Å². The van der Waals surface area contributed by atoms with Crippen molar-refractivity contribution in [3.8, 4) is 29.4 Å². The lowest BCUT2D eigenvalue weighted by atomic mass is 10.1. The molecule has 40 heavy (non-hydrogen) atoms. The molecule has 202 valence electrons.